The number of anilines is 1. The minimum absolute atomic E-state index is 0.330. The first-order chi connectivity index (χ1) is 8.09. The number of nitrogens with zero attached hydrogens (tertiary/aromatic N) is 1. The van der Waals surface area contributed by atoms with Crippen LogP contribution >= 0.6 is 15.9 Å². The van der Waals surface area contributed by atoms with Crippen LogP contribution in [0, 0.1) is 6.92 Å². The third kappa shape index (κ3) is 6.03. The lowest BCUT2D eigenvalue weighted by molar-refractivity contribution is 0.0765. The van der Waals surface area contributed by atoms with E-state index in [9.17, 15) is 0 Å². The number of aryl methyl sites for hydroxylation is 1. The van der Waals surface area contributed by atoms with Crippen LogP contribution in [0.3, 0.4) is 0 Å². The molecule has 0 aliphatic heterocycles. The molecular formula is C13H21BrN2O. The standard InChI is InChI=1S/C13H21BrN2O/c1-10(2)17-7-5-4-6-15-13-12(14)8-11(3)9-16-13/h8-10H,4-7H2,1-3H3,(H,15,16). The molecule has 0 amide bonds. The van der Waals surface area contributed by atoms with Crippen molar-refractivity contribution in [1.29, 1.82) is 0 Å². The van der Waals surface area contributed by atoms with Crippen LogP contribution in [0.1, 0.15) is 32.3 Å². The Labute approximate surface area is 112 Å². The maximum absolute atomic E-state index is 5.48. The number of pyridine rings is 1. The molecule has 1 heterocycles. The van der Waals surface area contributed by atoms with Crippen molar-refractivity contribution in [3.8, 4) is 0 Å². The van der Waals surface area contributed by atoms with Gasteiger partial charge in [-0.1, -0.05) is 0 Å². The average molecular weight is 301 g/mol. The number of nitrogens with one attached hydrogen (secondary N) is 1. The van der Waals surface area contributed by atoms with Crippen molar-refractivity contribution in [2.24, 2.45) is 0 Å². The molecule has 0 saturated heterocycles. The van der Waals surface area contributed by atoms with Crippen molar-refractivity contribution in [2.45, 2.75) is 39.7 Å². The van der Waals surface area contributed by atoms with E-state index in [1.165, 1.54) is 0 Å². The molecule has 0 aliphatic rings. The summed E-state index contributed by atoms with van der Waals surface area (Å²) in [5.41, 5.74) is 1.16. The second kappa shape index (κ2) is 7.67. The van der Waals surface area contributed by atoms with Crippen molar-refractivity contribution in [3.05, 3.63) is 22.3 Å². The van der Waals surface area contributed by atoms with Crippen molar-refractivity contribution in [3.63, 3.8) is 0 Å². The van der Waals surface area contributed by atoms with Crippen LogP contribution in [0.15, 0.2) is 16.7 Å². The van der Waals surface area contributed by atoms with Crippen LogP contribution in [0.2, 0.25) is 0 Å². The predicted molar refractivity (Wildman–Crippen MR) is 75.5 cm³/mol. The highest BCUT2D eigenvalue weighted by atomic mass is 79.9. The molecule has 1 rings (SSSR count). The van der Waals surface area contributed by atoms with Gasteiger partial charge in [0.2, 0.25) is 0 Å². The maximum Gasteiger partial charge on any atom is 0.140 e. The number of aromatic nitrogens is 1. The number of rotatable bonds is 7. The molecule has 3 nitrogen and oxygen atoms in total. The zero-order valence-corrected chi connectivity index (χ0v) is 12.4. The van der Waals surface area contributed by atoms with Gasteiger partial charge in [-0.2, -0.15) is 0 Å². The molecule has 0 atom stereocenters. The molecule has 0 aliphatic carbocycles. The number of halogens is 1. The second-order valence-electron chi connectivity index (χ2n) is 4.40. The molecule has 17 heavy (non-hydrogen) atoms. The Hall–Kier alpha value is -0.610. The van der Waals surface area contributed by atoms with E-state index in [0.29, 0.717) is 6.10 Å². The third-order valence-electron chi connectivity index (χ3n) is 2.29. The quantitative estimate of drug-likeness (QED) is 0.778. The Morgan fingerprint density at radius 3 is 2.82 bits per heavy atom. The van der Waals surface area contributed by atoms with E-state index < -0.39 is 0 Å². The predicted octanol–water partition coefficient (Wildman–Crippen LogP) is 3.77. The van der Waals surface area contributed by atoms with Gasteiger partial charge in [-0.15, -0.1) is 0 Å². The van der Waals surface area contributed by atoms with Gasteiger partial charge in [0.15, 0.2) is 0 Å². The van der Waals surface area contributed by atoms with Gasteiger partial charge in [0.05, 0.1) is 10.6 Å². The van der Waals surface area contributed by atoms with Gasteiger partial charge in [-0.25, -0.2) is 4.98 Å². The van der Waals surface area contributed by atoms with Crippen molar-refractivity contribution in [2.75, 3.05) is 18.5 Å². The summed E-state index contributed by atoms with van der Waals surface area (Å²) in [5, 5.41) is 3.31. The highest BCUT2D eigenvalue weighted by Crippen LogP contribution is 2.20. The molecule has 4 heteroatoms. The lowest BCUT2D eigenvalue weighted by Crippen LogP contribution is -2.08. The van der Waals surface area contributed by atoms with Crippen LogP contribution < -0.4 is 5.32 Å². The number of unbranched alkanes of at least 4 members (excludes halogenated alkanes) is 1. The lowest BCUT2D eigenvalue weighted by atomic mass is 10.3. The fraction of sp³-hybridized carbons (Fsp3) is 0.615. The van der Waals surface area contributed by atoms with Gasteiger partial charge in [0, 0.05) is 19.3 Å². The summed E-state index contributed by atoms with van der Waals surface area (Å²) in [6.45, 7) is 7.92. The fourth-order valence-corrected chi connectivity index (χ4v) is 2.02. The van der Waals surface area contributed by atoms with Crippen molar-refractivity contribution in [1.82, 2.24) is 4.98 Å². The highest BCUT2D eigenvalue weighted by molar-refractivity contribution is 9.10. The van der Waals surface area contributed by atoms with Gasteiger partial charge in [-0.05, 0) is 61.2 Å². The molecule has 0 unspecified atom stereocenters. The Morgan fingerprint density at radius 2 is 2.18 bits per heavy atom. The Bertz CT molecular complexity index is 342. The van der Waals surface area contributed by atoms with Crippen LogP contribution in [0.5, 0.6) is 0 Å². The summed E-state index contributed by atoms with van der Waals surface area (Å²) in [7, 11) is 0. The molecule has 96 valence electrons. The summed E-state index contributed by atoms with van der Waals surface area (Å²) >= 11 is 3.50. The first-order valence-electron chi connectivity index (χ1n) is 6.07. The summed E-state index contributed by atoms with van der Waals surface area (Å²) in [6, 6.07) is 2.07. The first kappa shape index (κ1) is 14.5. The molecule has 0 bridgehead atoms. The Morgan fingerprint density at radius 1 is 1.41 bits per heavy atom. The van der Waals surface area contributed by atoms with Crippen LogP contribution in [0.25, 0.3) is 0 Å². The van der Waals surface area contributed by atoms with Gasteiger partial charge < -0.3 is 10.1 Å². The van der Waals surface area contributed by atoms with E-state index in [-0.39, 0.29) is 0 Å². The van der Waals surface area contributed by atoms with Gasteiger partial charge >= 0.3 is 0 Å². The van der Waals surface area contributed by atoms with Crippen LogP contribution in [-0.2, 0) is 4.74 Å². The fourth-order valence-electron chi connectivity index (χ4n) is 1.42. The first-order valence-corrected chi connectivity index (χ1v) is 6.86. The summed E-state index contributed by atoms with van der Waals surface area (Å²) < 4.78 is 6.50. The van der Waals surface area contributed by atoms with Gasteiger partial charge in [0.1, 0.15) is 5.82 Å². The molecule has 1 aromatic rings. The van der Waals surface area contributed by atoms with E-state index in [1.54, 1.807) is 0 Å². The zero-order chi connectivity index (χ0) is 12.7. The normalized spacial score (nSPS) is 10.9. The van der Waals surface area contributed by atoms with Crippen molar-refractivity contribution < 1.29 is 4.74 Å². The van der Waals surface area contributed by atoms with E-state index in [4.69, 9.17) is 4.74 Å². The SMILES string of the molecule is Cc1cnc(NCCCCOC(C)C)c(Br)c1. The minimum atomic E-state index is 0.330. The molecule has 0 aromatic carbocycles. The molecule has 0 radical (unpaired) electrons. The Balaban J connectivity index is 2.18. The van der Waals surface area contributed by atoms with E-state index in [2.05, 4.69) is 46.1 Å². The number of hydrogen-bond acceptors (Lipinski definition) is 3. The van der Waals surface area contributed by atoms with Crippen LogP contribution in [0.4, 0.5) is 5.82 Å². The molecule has 1 N–H and O–H groups in total. The number of hydrogen-bond donors (Lipinski definition) is 1. The monoisotopic (exact) mass is 300 g/mol. The summed E-state index contributed by atoms with van der Waals surface area (Å²) in [5.74, 6) is 0.917. The number of ether oxygens (including phenoxy) is 1. The molecule has 0 spiro atoms. The molecule has 1 aromatic heterocycles. The Kier molecular flexibility index (Phi) is 6.52. The van der Waals surface area contributed by atoms with Crippen molar-refractivity contribution >= 4 is 21.7 Å². The van der Waals surface area contributed by atoms with E-state index in [1.807, 2.05) is 13.1 Å². The summed E-state index contributed by atoms with van der Waals surface area (Å²) in [4.78, 5) is 4.33. The van der Waals surface area contributed by atoms with Crippen LogP contribution in [-0.4, -0.2) is 24.2 Å². The van der Waals surface area contributed by atoms with E-state index in [0.717, 1.165) is 41.8 Å². The third-order valence-corrected chi connectivity index (χ3v) is 2.90. The zero-order valence-electron chi connectivity index (χ0n) is 10.8. The maximum atomic E-state index is 5.48. The molecule has 0 saturated carbocycles. The largest absolute Gasteiger partial charge is 0.379 e. The topological polar surface area (TPSA) is 34.2 Å². The second-order valence-corrected chi connectivity index (χ2v) is 5.25. The van der Waals surface area contributed by atoms with Gasteiger partial charge in [-0.3, -0.25) is 0 Å². The average Bonchev–Trinajstić information content (AvgIpc) is 2.25. The van der Waals surface area contributed by atoms with Gasteiger partial charge in [0.25, 0.3) is 0 Å². The lowest BCUT2D eigenvalue weighted by Gasteiger charge is -2.09. The molecular weight excluding hydrogens is 280 g/mol. The smallest absolute Gasteiger partial charge is 0.140 e. The van der Waals surface area contributed by atoms with E-state index >= 15 is 0 Å². The highest BCUT2D eigenvalue weighted by Gasteiger charge is 2.00. The molecule has 0 fully saturated rings. The minimum Gasteiger partial charge on any atom is -0.379 e. The summed E-state index contributed by atoms with van der Waals surface area (Å²) in [6.07, 6.45) is 4.37.